The van der Waals surface area contributed by atoms with Gasteiger partial charge < -0.3 is 4.74 Å². The molecule has 4 aromatic carbocycles. The van der Waals surface area contributed by atoms with Crippen LogP contribution in [0.5, 0.6) is 0 Å². The number of benzene rings is 4. The summed E-state index contributed by atoms with van der Waals surface area (Å²) in [6.07, 6.45) is 12.7. The van der Waals surface area contributed by atoms with Crippen LogP contribution in [0.15, 0.2) is 122 Å². The molecule has 0 saturated heterocycles. The summed E-state index contributed by atoms with van der Waals surface area (Å²) in [6, 6.07) is 34.5. The van der Waals surface area contributed by atoms with E-state index in [2.05, 4.69) is 125 Å². The maximum atomic E-state index is 7.14. The first kappa shape index (κ1) is 33.9. The third-order valence-corrected chi connectivity index (χ3v) is 9.11. The van der Waals surface area contributed by atoms with Gasteiger partial charge >= 0.3 is 0 Å². The molecule has 0 aliphatic rings. The Morgan fingerprint density at radius 3 is 1.10 bits per heavy atom. The summed E-state index contributed by atoms with van der Waals surface area (Å²) >= 11 is 0. The summed E-state index contributed by atoms with van der Waals surface area (Å²) in [5, 5.41) is 0. The molecule has 0 saturated carbocycles. The molecule has 0 bridgehead atoms. The van der Waals surface area contributed by atoms with Gasteiger partial charge in [0.2, 0.25) is 0 Å². The van der Waals surface area contributed by atoms with Crippen LogP contribution in [-0.2, 0) is 30.4 Å². The van der Waals surface area contributed by atoms with Gasteiger partial charge in [-0.05, 0) is 59.1 Å². The van der Waals surface area contributed by atoms with E-state index >= 15 is 0 Å². The lowest BCUT2D eigenvalue weighted by atomic mass is 10.00. The summed E-state index contributed by atoms with van der Waals surface area (Å²) in [5.41, 5.74) is 12.5. The lowest BCUT2D eigenvalue weighted by molar-refractivity contribution is 0.0258. The van der Waals surface area contributed by atoms with E-state index in [0.717, 1.165) is 83.6 Å². The molecule has 2 heterocycles. The zero-order valence-corrected chi connectivity index (χ0v) is 29.1. The number of aryl methyl sites for hydroxylation is 4. The Morgan fingerprint density at radius 2 is 0.796 bits per heavy atom. The topological polar surface area (TPSA) is 60.8 Å². The average Bonchev–Trinajstić information content (AvgIpc) is 3.17. The molecule has 0 amide bonds. The second-order valence-electron chi connectivity index (χ2n) is 12.6. The van der Waals surface area contributed by atoms with Crippen molar-refractivity contribution in [1.82, 2.24) is 19.9 Å². The van der Waals surface area contributed by atoms with Gasteiger partial charge in [-0.15, -0.1) is 0 Å². The van der Waals surface area contributed by atoms with Gasteiger partial charge in [-0.2, -0.15) is 0 Å². The maximum Gasteiger partial charge on any atom is 0.127 e. The van der Waals surface area contributed by atoms with Crippen molar-refractivity contribution < 1.29 is 4.74 Å². The highest BCUT2D eigenvalue weighted by Gasteiger charge is 2.26. The van der Waals surface area contributed by atoms with Gasteiger partial charge in [-0.25, -0.2) is 0 Å². The van der Waals surface area contributed by atoms with Crippen LogP contribution in [0.3, 0.4) is 0 Å². The number of hydrogen-bond donors (Lipinski definition) is 0. The Balaban J connectivity index is 1.38. The minimum absolute atomic E-state index is 0.483. The second-order valence-corrected chi connectivity index (χ2v) is 12.6. The van der Waals surface area contributed by atoms with Gasteiger partial charge in [-0.3, -0.25) is 19.9 Å². The standard InChI is InChI=1S/C44H46N4O/c1-5-9-33-15-23-37(24-16-33)43(41-29-45-39(27-47-41)35-19-11-31(7-3)12-20-35)49-44(38-25-17-34(10-6-2)18-26-38)42-30-46-40(28-48-42)36-21-13-32(8-4)14-22-36/h11-30,43-44H,5-10H2,1-4H3. The molecule has 0 spiro atoms. The van der Waals surface area contributed by atoms with Crippen LogP contribution in [0.1, 0.15) is 97.5 Å². The van der Waals surface area contributed by atoms with Crippen LogP contribution in [0.4, 0.5) is 0 Å². The predicted octanol–water partition coefficient (Wildman–Crippen LogP) is 10.5. The number of rotatable bonds is 14. The summed E-state index contributed by atoms with van der Waals surface area (Å²) in [6.45, 7) is 8.73. The third-order valence-electron chi connectivity index (χ3n) is 9.11. The highest BCUT2D eigenvalue weighted by Crippen LogP contribution is 2.35. The summed E-state index contributed by atoms with van der Waals surface area (Å²) in [5.74, 6) is 0. The Kier molecular flexibility index (Phi) is 11.3. The smallest absolute Gasteiger partial charge is 0.127 e. The van der Waals surface area contributed by atoms with Crippen LogP contribution >= 0.6 is 0 Å². The molecule has 0 aliphatic heterocycles. The Morgan fingerprint density at radius 1 is 0.429 bits per heavy atom. The Labute approximate surface area is 291 Å². The molecule has 6 rings (SSSR count). The predicted molar refractivity (Wildman–Crippen MR) is 199 cm³/mol. The lowest BCUT2D eigenvalue weighted by Crippen LogP contribution is -2.16. The van der Waals surface area contributed by atoms with Gasteiger partial charge in [0.15, 0.2) is 0 Å². The first-order valence-electron chi connectivity index (χ1n) is 17.7. The molecule has 2 atom stereocenters. The lowest BCUT2D eigenvalue weighted by Gasteiger charge is -2.25. The van der Waals surface area contributed by atoms with Crippen LogP contribution in [0.25, 0.3) is 22.5 Å². The first-order chi connectivity index (χ1) is 24.1. The normalized spacial score (nSPS) is 12.5. The molecular formula is C44H46N4O. The van der Waals surface area contributed by atoms with E-state index in [9.17, 15) is 0 Å². The van der Waals surface area contributed by atoms with E-state index < -0.39 is 12.2 Å². The number of hydrogen-bond acceptors (Lipinski definition) is 5. The van der Waals surface area contributed by atoms with Crippen LogP contribution in [0, 0.1) is 0 Å². The summed E-state index contributed by atoms with van der Waals surface area (Å²) in [7, 11) is 0. The van der Waals surface area contributed by atoms with Gasteiger partial charge in [-0.1, -0.05) is 138 Å². The highest BCUT2D eigenvalue weighted by atomic mass is 16.5. The monoisotopic (exact) mass is 646 g/mol. The number of nitrogens with zero attached hydrogens (tertiary/aromatic N) is 4. The largest absolute Gasteiger partial charge is 0.353 e. The molecule has 2 aromatic heterocycles. The van der Waals surface area contributed by atoms with Gasteiger partial charge in [0.25, 0.3) is 0 Å². The van der Waals surface area contributed by atoms with Crippen LogP contribution < -0.4 is 0 Å². The van der Waals surface area contributed by atoms with Crippen molar-refractivity contribution in [3.63, 3.8) is 0 Å². The first-order valence-corrected chi connectivity index (χ1v) is 17.7. The Bertz CT molecular complexity index is 1740. The molecule has 0 aliphatic carbocycles. The van der Waals surface area contributed by atoms with E-state index in [1.54, 1.807) is 0 Å². The van der Waals surface area contributed by atoms with E-state index in [1.165, 1.54) is 22.3 Å². The van der Waals surface area contributed by atoms with Crippen molar-refractivity contribution in [3.8, 4) is 22.5 Å². The molecule has 2 unspecified atom stereocenters. The molecule has 6 aromatic rings. The van der Waals surface area contributed by atoms with Gasteiger partial charge in [0.05, 0.1) is 47.6 Å². The van der Waals surface area contributed by atoms with E-state index in [1.807, 2.05) is 24.8 Å². The summed E-state index contributed by atoms with van der Waals surface area (Å²) in [4.78, 5) is 19.7. The molecule has 0 N–H and O–H groups in total. The van der Waals surface area contributed by atoms with Crippen molar-refractivity contribution in [2.75, 3.05) is 0 Å². The number of aromatic nitrogens is 4. The Hall–Kier alpha value is -5.00. The third kappa shape index (κ3) is 8.36. The molecule has 49 heavy (non-hydrogen) atoms. The van der Waals surface area contributed by atoms with Crippen LogP contribution in [-0.4, -0.2) is 19.9 Å². The fraction of sp³-hybridized carbons (Fsp3) is 0.273. The fourth-order valence-electron chi connectivity index (χ4n) is 6.14. The quantitative estimate of drug-likeness (QED) is 0.118. The molecular weight excluding hydrogens is 601 g/mol. The van der Waals surface area contributed by atoms with Crippen molar-refractivity contribution >= 4 is 0 Å². The van der Waals surface area contributed by atoms with Gasteiger partial charge in [0, 0.05) is 11.1 Å². The van der Waals surface area contributed by atoms with E-state index in [4.69, 9.17) is 24.7 Å². The SMILES string of the molecule is CCCc1ccc(C(OC(c2ccc(CCC)cc2)c2cnc(-c3ccc(CC)cc3)cn2)c2cnc(-c3ccc(CC)cc3)cn2)cc1. The summed E-state index contributed by atoms with van der Waals surface area (Å²) < 4.78 is 7.14. The van der Waals surface area contributed by atoms with E-state index in [0.29, 0.717) is 0 Å². The average molecular weight is 647 g/mol. The van der Waals surface area contributed by atoms with Crippen molar-refractivity contribution in [2.24, 2.45) is 0 Å². The molecule has 0 fully saturated rings. The van der Waals surface area contributed by atoms with Crippen LogP contribution in [0.2, 0.25) is 0 Å². The minimum Gasteiger partial charge on any atom is -0.353 e. The molecule has 5 heteroatoms. The van der Waals surface area contributed by atoms with Crippen molar-refractivity contribution in [3.05, 3.63) is 167 Å². The van der Waals surface area contributed by atoms with Crippen molar-refractivity contribution in [2.45, 2.75) is 78.4 Å². The maximum absolute atomic E-state index is 7.14. The van der Waals surface area contributed by atoms with E-state index in [-0.39, 0.29) is 0 Å². The zero-order chi connectivity index (χ0) is 34.0. The number of ether oxygens (including phenoxy) is 1. The fourth-order valence-corrected chi connectivity index (χ4v) is 6.14. The minimum atomic E-state index is -0.483. The highest BCUT2D eigenvalue weighted by molar-refractivity contribution is 5.59. The van der Waals surface area contributed by atoms with Crippen molar-refractivity contribution in [1.29, 1.82) is 0 Å². The molecule has 0 radical (unpaired) electrons. The molecule has 5 nitrogen and oxygen atoms in total. The second kappa shape index (κ2) is 16.4. The molecule has 248 valence electrons. The van der Waals surface area contributed by atoms with Gasteiger partial charge in [0.1, 0.15) is 12.2 Å². The zero-order valence-electron chi connectivity index (χ0n) is 29.1.